The quantitative estimate of drug-likeness (QED) is 0.575. The zero-order valence-electron chi connectivity index (χ0n) is 17.8. The van der Waals surface area contributed by atoms with Crippen molar-refractivity contribution in [1.82, 2.24) is 20.0 Å². The lowest BCUT2D eigenvalue weighted by atomic mass is 10.1. The van der Waals surface area contributed by atoms with E-state index in [9.17, 15) is 22.8 Å². The van der Waals surface area contributed by atoms with Crippen molar-refractivity contribution in [2.24, 2.45) is 0 Å². The highest BCUT2D eigenvalue weighted by atomic mass is 19.4. The lowest BCUT2D eigenvalue weighted by Gasteiger charge is -2.18. The van der Waals surface area contributed by atoms with Crippen molar-refractivity contribution in [3.8, 4) is 11.3 Å². The Balaban J connectivity index is 2.00. The van der Waals surface area contributed by atoms with Crippen LogP contribution in [0.2, 0.25) is 0 Å². The molecule has 174 valence electrons. The van der Waals surface area contributed by atoms with E-state index in [2.05, 4.69) is 25.4 Å². The summed E-state index contributed by atoms with van der Waals surface area (Å²) in [6, 6.07) is 3.63. The second kappa shape index (κ2) is 8.01. The molecule has 0 unspecified atom stereocenters. The minimum atomic E-state index is -5.30. The van der Waals surface area contributed by atoms with E-state index in [1.54, 1.807) is 6.92 Å². The van der Waals surface area contributed by atoms with Crippen LogP contribution >= 0.6 is 0 Å². The number of nitrogens with zero attached hydrogens (tertiary/aromatic N) is 3. The molecule has 1 aliphatic rings. The van der Waals surface area contributed by atoms with E-state index in [0.29, 0.717) is 16.2 Å². The monoisotopic (exact) mass is 465 g/mol. The van der Waals surface area contributed by atoms with E-state index in [-0.39, 0.29) is 52.6 Å². The molecule has 33 heavy (non-hydrogen) atoms. The molecular weight excluding hydrogens is 446 g/mol. The fourth-order valence-electron chi connectivity index (χ4n) is 3.61. The summed E-state index contributed by atoms with van der Waals surface area (Å²) >= 11 is 0. The summed E-state index contributed by atoms with van der Waals surface area (Å²) in [7, 11) is 0. The van der Waals surface area contributed by atoms with Crippen LogP contribution in [0.1, 0.15) is 35.6 Å². The summed E-state index contributed by atoms with van der Waals surface area (Å²) in [6.45, 7) is 5.55. The molecule has 0 radical (unpaired) electrons. The van der Waals surface area contributed by atoms with Crippen molar-refractivity contribution >= 4 is 28.7 Å². The van der Waals surface area contributed by atoms with Crippen molar-refractivity contribution < 1.29 is 32.0 Å². The summed E-state index contributed by atoms with van der Waals surface area (Å²) in [6.07, 6.45) is -5.22. The van der Waals surface area contributed by atoms with Gasteiger partial charge in [-0.3, -0.25) is 4.79 Å². The van der Waals surface area contributed by atoms with E-state index < -0.39 is 23.9 Å². The minimum absolute atomic E-state index is 0.0170. The summed E-state index contributed by atoms with van der Waals surface area (Å²) < 4.78 is 54.6. The molecule has 4 rings (SSSR count). The number of benzene rings is 1. The number of amides is 1. The largest absolute Gasteiger partial charge is 0.493 e. The van der Waals surface area contributed by atoms with Crippen LogP contribution < -0.4 is 15.5 Å². The molecule has 0 aliphatic carbocycles. The average Bonchev–Trinajstić information content (AvgIpc) is 3.07. The maximum absolute atomic E-state index is 15.1. The van der Waals surface area contributed by atoms with Gasteiger partial charge in [-0.05, 0) is 39.0 Å². The number of alkyl halides is 3. The Hall–Kier alpha value is -3.70. The summed E-state index contributed by atoms with van der Waals surface area (Å²) in [5, 5.41) is 5.64. The lowest BCUT2D eigenvalue weighted by Crippen LogP contribution is -2.37. The van der Waals surface area contributed by atoms with Crippen LogP contribution in [-0.2, 0) is 11.2 Å². The van der Waals surface area contributed by atoms with Gasteiger partial charge in [0.1, 0.15) is 17.2 Å². The van der Waals surface area contributed by atoms with E-state index in [4.69, 9.17) is 0 Å². The van der Waals surface area contributed by atoms with Crippen molar-refractivity contribution in [3.05, 3.63) is 41.0 Å². The first-order valence-corrected chi connectivity index (χ1v) is 10.0. The number of fused-ring (bicyclic) bond motifs is 2. The molecule has 1 aliphatic heterocycles. The fraction of sp³-hybridized carbons (Fsp3) is 0.333. The molecule has 12 heteroatoms. The fourth-order valence-corrected chi connectivity index (χ4v) is 3.61. The maximum Gasteiger partial charge on any atom is 0.493 e. The topological polar surface area (TPSA) is 98.1 Å². The number of hydrogen-bond acceptors (Lipinski definition) is 6. The van der Waals surface area contributed by atoms with Gasteiger partial charge in [-0.1, -0.05) is 0 Å². The van der Waals surface area contributed by atoms with Gasteiger partial charge >= 0.3 is 12.1 Å². The zero-order valence-corrected chi connectivity index (χ0v) is 17.8. The Labute approximate surface area is 184 Å². The molecule has 0 saturated heterocycles. The maximum atomic E-state index is 15.1. The highest BCUT2D eigenvalue weighted by molar-refractivity contribution is 6.00. The van der Waals surface area contributed by atoms with Gasteiger partial charge in [0.25, 0.3) is 5.91 Å². The Morgan fingerprint density at radius 1 is 1.27 bits per heavy atom. The van der Waals surface area contributed by atoms with Crippen molar-refractivity contribution in [2.75, 3.05) is 11.9 Å². The summed E-state index contributed by atoms with van der Waals surface area (Å²) in [5.41, 5.74) is 0.326. The first kappa shape index (κ1) is 22.5. The molecule has 3 aromatic rings. The normalized spacial score (nSPS) is 13.8. The Bertz CT molecular complexity index is 1280. The molecule has 1 amide bonds. The van der Waals surface area contributed by atoms with Crippen LogP contribution in [0.25, 0.3) is 22.3 Å². The van der Waals surface area contributed by atoms with Crippen molar-refractivity contribution in [2.45, 2.75) is 39.4 Å². The first-order valence-electron chi connectivity index (χ1n) is 10.0. The van der Waals surface area contributed by atoms with Crippen LogP contribution in [0.4, 0.5) is 23.4 Å². The number of nitrogens with one attached hydrogen (secondary N) is 2. The number of rotatable bonds is 4. The van der Waals surface area contributed by atoms with Crippen molar-refractivity contribution in [1.29, 1.82) is 0 Å². The van der Waals surface area contributed by atoms with Gasteiger partial charge in [0.15, 0.2) is 0 Å². The third kappa shape index (κ3) is 4.08. The standard InChI is InChI=1S/C21H19F4N5O3/c1-9(2)27-18-10(3)28-13-5-4-12(22)16(17(13)29-18)15-8-11-14(6-7-26-19(11)31)30(15)33-20(32)21(23,24)25/h4-5,8-9H,6-7H2,1-3H3,(H,26,31)(H,27,29). The molecule has 1 aromatic carbocycles. The van der Waals surface area contributed by atoms with E-state index in [0.717, 1.165) is 6.07 Å². The molecule has 3 heterocycles. The minimum Gasteiger partial charge on any atom is -0.366 e. The van der Waals surface area contributed by atoms with Gasteiger partial charge in [0.2, 0.25) is 0 Å². The van der Waals surface area contributed by atoms with Crippen LogP contribution in [0.3, 0.4) is 0 Å². The Morgan fingerprint density at radius 3 is 2.67 bits per heavy atom. The lowest BCUT2D eigenvalue weighted by molar-refractivity contribution is -0.199. The molecular formula is C21H19F4N5O3. The summed E-state index contributed by atoms with van der Waals surface area (Å²) in [4.78, 5) is 37.5. The highest BCUT2D eigenvalue weighted by Crippen LogP contribution is 2.35. The zero-order chi connectivity index (χ0) is 24.1. The number of anilines is 1. The molecule has 0 bridgehead atoms. The van der Waals surface area contributed by atoms with Crippen LogP contribution in [0, 0.1) is 12.7 Å². The van der Waals surface area contributed by atoms with Crippen LogP contribution in [0.15, 0.2) is 18.2 Å². The third-order valence-corrected chi connectivity index (χ3v) is 5.00. The van der Waals surface area contributed by atoms with Gasteiger partial charge in [-0.15, -0.1) is 0 Å². The van der Waals surface area contributed by atoms with Crippen LogP contribution in [-0.4, -0.2) is 45.3 Å². The third-order valence-electron chi connectivity index (χ3n) is 5.00. The number of hydrogen-bond donors (Lipinski definition) is 2. The van der Waals surface area contributed by atoms with E-state index in [1.165, 1.54) is 12.1 Å². The highest BCUT2D eigenvalue weighted by Gasteiger charge is 2.43. The number of carbonyl (C=O) groups is 2. The molecule has 0 spiro atoms. The number of aryl methyl sites for hydroxylation is 1. The van der Waals surface area contributed by atoms with Crippen LogP contribution in [0.5, 0.6) is 0 Å². The molecule has 0 atom stereocenters. The second-order valence-corrected chi connectivity index (χ2v) is 7.81. The van der Waals surface area contributed by atoms with E-state index >= 15 is 4.39 Å². The number of halogens is 4. The van der Waals surface area contributed by atoms with Gasteiger partial charge < -0.3 is 15.5 Å². The molecule has 0 fully saturated rings. The van der Waals surface area contributed by atoms with Gasteiger partial charge in [0.05, 0.1) is 33.7 Å². The molecule has 0 saturated carbocycles. The smallest absolute Gasteiger partial charge is 0.366 e. The SMILES string of the molecule is Cc1nc2ccc(F)c(-c3cc4c(n3OC(=O)C(F)(F)F)CCNC4=O)c2nc1NC(C)C. The predicted molar refractivity (Wildman–Crippen MR) is 110 cm³/mol. The van der Waals surface area contributed by atoms with Gasteiger partial charge in [-0.25, -0.2) is 19.2 Å². The van der Waals surface area contributed by atoms with Gasteiger partial charge in [0, 0.05) is 19.0 Å². The Morgan fingerprint density at radius 2 is 2.00 bits per heavy atom. The molecule has 2 N–H and O–H groups in total. The number of aromatic nitrogens is 3. The molecule has 2 aromatic heterocycles. The average molecular weight is 465 g/mol. The van der Waals surface area contributed by atoms with Crippen molar-refractivity contribution in [3.63, 3.8) is 0 Å². The van der Waals surface area contributed by atoms with E-state index in [1.807, 2.05) is 13.8 Å². The first-order chi connectivity index (χ1) is 15.5. The predicted octanol–water partition coefficient (Wildman–Crippen LogP) is 3.17. The molecule has 8 nitrogen and oxygen atoms in total. The van der Waals surface area contributed by atoms with Gasteiger partial charge in [-0.2, -0.15) is 17.9 Å². The summed E-state index contributed by atoms with van der Waals surface area (Å²) in [5.74, 6) is -3.56. The number of carbonyl (C=O) groups excluding carboxylic acids is 2. The Kier molecular flexibility index (Phi) is 5.46. The second-order valence-electron chi connectivity index (χ2n) is 7.81.